The number of ether oxygens (including phenoxy) is 1. The summed E-state index contributed by atoms with van der Waals surface area (Å²) in [6.07, 6.45) is 5.38. The fraction of sp³-hybridized carbons (Fsp3) is 0.391. The summed E-state index contributed by atoms with van der Waals surface area (Å²) in [7, 11) is 0. The van der Waals surface area contributed by atoms with Gasteiger partial charge < -0.3 is 15.0 Å². The fourth-order valence-electron chi connectivity index (χ4n) is 3.36. The molecule has 1 aliphatic rings. The monoisotopic (exact) mass is 458 g/mol. The van der Waals surface area contributed by atoms with Gasteiger partial charge in [0.15, 0.2) is 0 Å². The number of nitrogens with zero attached hydrogens (tertiary/aromatic N) is 1. The Morgan fingerprint density at radius 2 is 1.79 bits per heavy atom. The van der Waals surface area contributed by atoms with Gasteiger partial charge in [-0.2, -0.15) is 0 Å². The molecule has 2 amide bonds. The minimum atomic E-state index is -0.230. The van der Waals surface area contributed by atoms with Crippen molar-refractivity contribution in [2.45, 2.75) is 39.0 Å². The number of likely N-dealkylation sites (tertiary alicyclic amines) is 1. The van der Waals surface area contributed by atoms with Crippen LogP contribution < -0.4 is 10.1 Å². The molecule has 154 valence electrons. The molecule has 0 radical (unpaired) electrons. The van der Waals surface area contributed by atoms with E-state index in [-0.39, 0.29) is 11.8 Å². The second-order valence-electron chi connectivity index (χ2n) is 7.24. The quantitative estimate of drug-likeness (QED) is 0.620. The number of halogens is 1. The molecule has 0 aliphatic carbocycles. The number of carbonyl (C=O) groups is 2. The maximum atomic E-state index is 12.8. The smallest absolute Gasteiger partial charge is 0.255 e. The van der Waals surface area contributed by atoms with Gasteiger partial charge in [-0.25, -0.2) is 0 Å². The molecule has 0 bridgehead atoms. The van der Waals surface area contributed by atoms with E-state index in [1.165, 1.54) is 12.8 Å². The zero-order valence-corrected chi connectivity index (χ0v) is 18.3. The topological polar surface area (TPSA) is 58.6 Å². The number of rotatable bonds is 6. The first-order chi connectivity index (χ1) is 14.1. The van der Waals surface area contributed by atoms with Gasteiger partial charge in [-0.05, 0) is 71.6 Å². The molecule has 0 unspecified atom stereocenters. The van der Waals surface area contributed by atoms with Crippen LogP contribution >= 0.6 is 15.9 Å². The fourth-order valence-corrected chi connectivity index (χ4v) is 3.85. The molecular formula is C23H27BrN2O3. The summed E-state index contributed by atoms with van der Waals surface area (Å²) >= 11 is 3.46. The van der Waals surface area contributed by atoms with E-state index in [2.05, 4.69) is 21.2 Å². The molecule has 0 atom stereocenters. The Morgan fingerprint density at radius 1 is 1.03 bits per heavy atom. The van der Waals surface area contributed by atoms with Gasteiger partial charge in [-0.3, -0.25) is 9.59 Å². The number of hydrogen-bond donors (Lipinski definition) is 1. The summed E-state index contributed by atoms with van der Waals surface area (Å²) in [6, 6.07) is 12.4. The van der Waals surface area contributed by atoms with Crippen LogP contribution in [0.15, 0.2) is 46.9 Å². The molecule has 1 saturated heterocycles. The average Bonchev–Trinajstić information content (AvgIpc) is 3.02. The molecule has 1 heterocycles. The molecular weight excluding hydrogens is 432 g/mol. The van der Waals surface area contributed by atoms with E-state index >= 15 is 0 Å². The van der Waals surface area contributed by atoms with Crippen LogP contribution in [-0.2, 0) is 0 Å². The van der Waals surface area contributed by atoms with Gasteiger partial charge in [-0.1, -0.05) is 25.8 Å². The number of nitrogens with one attached hydrogen (secondary N) is 1. The summed E-state index contributed by atoms with van der Waals surface area (Å²) in [5.74, 6) is 0.517. The summed E-state index contributed by atoms with van der Waals surface area (Å²) in [5.41, 5.74) is 1.73. The first kappa shape index (κ1) is 21.4. The van der Waals surface area contributed by atoms with Crippen LogP contribution in [0.25, 0.3) is 0 Å². The highest BCUT2D eigenvalue weighted by atomic mass is 79.9. The molecule has 1 N–H and O–H groups in total. The lowest BCUT2D eigenvalue weighted by Crippen LogP contribution is -2.31. The van der Waals surface area contributed by atoms with Gasteiger partial charge in [-0.15, -0.1) is 0 Å². The van der Waals surface area contributed by atoms with Crippen molar-refractivity contribution < 1.29 is 14.3 Å². The first-order valence-electron chi connectivity index (χ1n) is 10.2. The highest BCUT2D eigenvalue weighted by Crippen LogP contribution is 2.27. The average molecular weight is 459 g/mol. The third-order valence-corrected chi connectivity index (χ3v) is 5.54. The van der Waals surface area contributed by atoms with Crippen LogP contribution in [0, 0.1) is 0 Å². The minimum absolute atomic E-state index is 0.0307. The van der Waals surface area contributed by atoms with Crippen LogP contribution in [0.4, 0.5) is 5.69 Å². The van der Waals surface area contributed by atoms with Gasteiger partial charge in [0.2, 0.25) is 0 Å². The number of hydrogen-bond acceptors (Lipinski definition) is 3. The Hall–Kier alpha value is -2.34. The standard InChI is InChI=1S/C23H27BrN2O3/c1-2-14-29-21-11-10-17(16-20(21)24)22(27)25-19-9-7-8-18(15-19)23(28)26-12-5-3-4-6-13-26/h7-11,15-16H,2-6,12-14H2,1H3,(H,25,27). The van der Waals surface area contributed by atoms with Crippen LogP contribution in [0.2, 0.25) is 0 Å². The molecule has 2 aromatic rings. The van der Waals surface area contributed by atoms with Crippen molar-refractivity contribution in [3.8, 4) is 5.75 Å². The van der Waals surface area contributed by atoms with E-state index in [1.54, 1.807) is 42.5 Å². The highest BCUT2D eigenvalue weighted by Gasteiger charge is 2.18. The van der Waals surface area contributed by atoms with E-state index in [4.69, 9.17) is 4.74 Å². The van der Waals surface area contributed by atoms with E-state index in [0.29, 0.717) is 29.2 Å². The summed E-state index contributed by atoms with van der Waals surface area (Å²) in [5, 5.41) is 2.89. The van der Waals surface area contributed by atoms with Crippen molar-refractivity contribution in [2.75, 3.05) is 25.0 Å². The number of benzene rings is 2. The third-order valence-electron chi connectivity index (χ3n) is 4.92. The highest BCUT2D eigenvalue weighted by molar-refractivity contribution is 9.10. The summed E-state index contributed by atoms with van der Waals surface area (Å²) in [4.78, 5) is 27.4. The normalized spacial score (nSPS) is 14.2. The van der Waals surface area contributed by atoms with Crippen LogP contribution in [0.1, 0.15) is 59.7 Å². The third kappa shape index (κ3) is 5.82. The Kier molecular flexibility index (Phi) is 7.69. The van der Waals surface area contributed by atoms with Crippen LogP contribution in [0.3, 0.4) is 0 Å². The maximum absolute atomic E-state index is 12.8. The van der Waals surface area contributed by atoms with Gasteiger partial charge >= 0.3 is 0 Å². The van der Waals surface area contributed by atoms with Crippen molar-refractivity contribution in [3.05, 3.63) is 58.1 Å². The van der Waals surface area contributed by atoms with Crippen molar-refractivity contribution in [3.63, 3.8) is 0 Å². The maximum Gasteiger partial charge on any atom is 0.255 e. The zero-order valence-electron chi connectivity index (χ0n) is 16.7. The van der Waals surface area contributed by atoms with E-state index in [0.717, 1.165) is 36.8 Å². The molecule has 0 saturated carbocycles. The van der Waals surface area contributed by atoms with Crippen molar-refractivity contribution >= 4 is 33.4 Å². The van der Waals surface area contributed by atoms with E-state index in [9.17, 15) is 9.59 Å². The molecule has 5 nitrogen and oxygen atoms in total. The van der Waals surface area contributed by atoms with Crippen molar-refractivity contribution in [1.29, 1.82) is 0 Å². The van der Waals surface area contributed by atoms with Gasteiger partial charge in [0.05, 0.1) is 11.1 Å². The number of anilines is 1. The van der Waals surface area contributed by atoms with Gasteiger partial charge in [0, 0.05) is 29.9 Å². The predicted octanol–water partition coefficient (Wildman–Crippen LogP) is 5.51. The SMILES string of the molecule is CCCOc1ccc(C(=O)Nc2cccc(C(=O)N3CCCCCC3)c2)cc1Br. The lowest BCUT2D eigenvalue weighted by Gasteiger charge is -2.20. The second-order valence-corrected chi connectivity index (χ2v) is 8.09. The molecule has 3 rings (SSSR count). The zero-order chi connectivity index (χ0) is 20.6. The predicted molar refractivity (Wildman–Crippen MR) is 119 cm³/mol. The van der Waals surface area contributed by atoms with E-state index in [1.807, 2.05) is 11.8 Å². The van der Waals surface area contributed by atoms with Crippen molar-refractivity contribution in [1.82, 2.24) is 4.90 Å². The van der Waals surface area contributed by atoms with Crippen LogP contribution in [-0.4, -0.2) is 36.4 Å². The Labute approximate surface area is 180 Å². The molecule has 29 heavy (non-hydrogen) atoms. The van der Waals surface area contributed by atoms with E-state index < -0.39 is 0 Å². The number of amides is 2. The molecule has 0 spiro atoms. The first-order valence-corrected chi connectivity index (χ1v) is 11.0. The van der Waals surface area contributed by atoms with Gasteiger partial charge in [0.1, 0.15) is 5.75 Å². The summed E-state index contributed by atoms with van der Waals surface area (Å²) in [6.45, 7) is 4.27. The summed E-state index contributed by atoms with van der Waals surface area (Å²) < 4.78 is 6.37. The van der Waals surface area contributed by atoms with Crippen molar-refractivity contribution in [2.24, 2.45) is 0 Å². The lowest BCUT2D eigenvalue weighted by atomic mass is 10.1. The molecule has 0 aromatic heterocycles. The second kappa shape index (κ2) is 10.4. The molecule has 6 heteroatoms. The molecule has 1 aliphatic heterocycles. The minimum Gasteiger partial charge on any atom is -0.492 e. The lowest BCUT2D eigenvalue weighted by molar-refractivity contribution is 0.0761. The Morgan fingerprint density at radius 3 is 2.48 bits per heavy atom. The Balaban J connectivity index is 1.68. The molecule has 2 aromatic carbocycles. The number of carbonyl (C=O) groups excluding carboxylic acids is 2. The largest absolute Gasteiger partial charge is 0.492 e. The van der Waals surface area contributed by atoms with Crippen LogP contribution in [0.5, 0.6) is 5.75 Å². The van der Waals surface area contributed by atoms with Gasteiger partial charge in [0.25, 0.3) is 11.8 Å². The Bertz CT molecular complexity index is 861. The molecule has 1 fully saturated rings.